The van der Waals surface area contributed by atoms with E-state index in [1.165, 1.54) is 12.1 Å². The number of hydrogen-bond acceptors (Lipinski definition) is 5. The number of hydrogen-bond donors (Lipinski definition) is 2. The number of aryl methyl sites for hydroxylation is 1. The van der Waals surface area contributed by atoms with E-state index < -0.39 is 0 Å². The Kier molecular flexibility index (Phi) is 2.98. The zero-order chi connectivity index (χ0) is 14.1. The number of nitrogens with two attached hydrogens (primary N) is 1. The van der Waals surface area contributed by atoms with Crippen LogP contribution in [0.3, 0.4) is 0 Å². The molecule has 0 atom stereocenters. The molecule has 0 aliphatic rings. The monoisotopic (exact) mass is 272 g/mol. The molecule has 0 spiro atoms. The van der Waals surface area contributed by atoms with E-state index in [0.29, 0.717) is 12.1 Å². The first-order valence-electron chi connectivity index (χ1n) is 6.12. The number of nitrogens with zero attached hydrogens (tertiary/aromatic N) is 2. The fourth-order valence-electron chi connectivity index (χ4n) is 2.02. The third kappa shape index (κ3) is 2.27. The van der Waals surface area contributed by atoms with Crippen LogP contribution in [-0.4, -0.2) is 9.97 Å². The van der Waals surface area contributed by atoms with Gasteiger partial charge in [-0.25, -0.2) is 14.4 Å². The van der Waals surface area contributed by atoms with Crippen molar-refractivity contribution in [1.29, 1.82) is 0 Å². The molecule has 6 heteroatoms. The Morgan fingerprint density at radius 2 is 2.05 bits per heavy atom. The number of halogens is 1. The molecule has 0 bridgehead atoms. The van der Waals surface area contributed by atoms with Crippen molar-refractivity contribution in [2.45, 2.75) is 13.5 Å². The molecule has 0 radical (unpaired) electrons. The van der Waals surface area contributed by atoms with Gasteiger partial charge in [-0.15, -0.1) is 0 Å². The second-order valence-electron chi connectivity index (χ2n) is 4.47. The highest BCUT2D eigenvalue weighted by molar-refractivity contribution is 5.82. The van der Waals surface area contributed by atoms with E-state index >= 15 is 0 Å². The molecule has 0 saturated heterocycles. The van der Waals surface area contributed by atoms with Gasteiger partial charge in [0, 0.05) is 10.9 Å². The maximum atomic E-state index is 13.2. The number of fused-ring (bicyclic) bond motifs is 1. The number of aromatic nitrogens is 2. The largest absolute Gasteiger partial charge is 0.459 e. The van der Waals surface area contributed by atoms with E-state index in [0.717, 1.165) is 22.4 Å². The Bertz CT molecular complexity index is 752. The summed E-state index contributed by atoms with van der Waals surface area (Å²) in [5.74, 6) is 0.709. The summed E-state index contributed by atoms with van der Waals surface area (Å²) in [6.45, 7) is 2.37. The van der Waals surface area contributed by atoms with E-state index in [1.54, 1.807) is 18.5 Å². The summed E-state index contributed by atoms with van der Waals surface area (Å²) in [5.41, 5.74) is 7.76. The topological polar surface area (TPSA) is 77.0 Å². The molecule has 5 nitrogen and oxygen atoms in total. The Morgan fingerprint density at radius 1 is 1.30 bits per heavy atom. The molecule has 3 rings (SSSR count). The van der Waals surface area contributed by atoms with Gasteiger partial charge in [0.15, 0.2) is 0 Å². The van der Waals surface area contributed by atoms with E-state index in [2.05, 4.69) is 15.3 Å². The van der Waals surface area contributed by atoms with Gasteiger partial charge in [0.25, 0.3) is 0 Å². The van der Waals surface area contributed by atoms with Gasteiger partial charge in [-0.2, -0.15) is 0 Å². The first-order chi connectivity index (χ1) is 9.63. The first kappa shape index (κ1) is 12.4. The van der Waals surface area contributed by atoms with E-state index in [1.807, 2.05) is 6.92 Å². The molecular formula is C14H13FN4O. The van der Waals surface area contributed by atoms with Crippen LogP contribution >= 0.6 is 0 Å². The molecule has 2 heterocycles. The summed E-state index contributed by atoms with van der Waals surface area (Å²) >= 11 is 0. The van der Waals surface area contributed by atoms with Crippen LogP contribution in [-0.2, 0) is 6.54 Å². The van der Waals surface area contributed by atoms with Crippen LogP contribution in [0.25, 0.3) is 11.0 Å². The first-order valence-corrected chi connectivity index (χ1v) is 6.12. The van der Waals surface area contributed by atoms with Crippen molar-refractivity contribution in [3.63, 3.8) is 0 Å². The lowest BCUT2D eigenvalue weighted by atomic mass is 10.1. The van der Waals surface area contributed by atoms with Crippen LogP contribution in [0, 0.1) is 12.7 Å². The summed E-state index contributed by atoms with van der Waals surface area (Å²) in [6, 6.07) is 4.49. The number of nitrogens with one attached hydrogen (secondary N) is 1. The molecule has 20 heavy (non-hydrogen) atoms. The van der Waals surface area contributed by atoms with Gasteiger partial charge < -0.3 is 15.5 Å². The van der Waals surface area contributed by atoms with Crippen molar-refractivity contribution in [3.8, 4) is 0 Å². The second kappa shape index (κ2) is 4.80. The number of rotatable bonds is 3. The average Bonchev–Trinajstić information content (AvgIpc) is 2.75. The molecule has 0 aliphatic heterocycles. The molecule has 2 aromatic heterocycles. The van der Waals surface area contributed by atoms with Crippen molar-refractivity contribution >= 4 is 22.6 Å². The van der Waals surface area contributed by atoms with Crippen molar-refractivity contribution in [3.05, 3.63) is 47.7 Å². The lowest BCUT2D eigenvalue weighted by molar-refractivity contribution is 0.554. The highest BCUT2D eigenvalue weighted by Crippen LogP contribution is 2.26. The standard InChI is InChI=1S/C14H13FN4O/c1-8-11-4-9(15)2-3-12(11)20-13(8)7-17-10-5-18-14(16)19-6-10/h2-6,17H,7H2,1H3,(H2,16,18,19). The highest BCUT2D eigenvalue weighted by Gasteiger charge is 2.11. The van der Waals surface area contributed by atoms with Gasteiger partial charge in [0.2, 0.25) is 5.95 Å². The molecule has 0 aliphatic carbocycles. The maximum absolute atomic E-state index is 13.2. The molecule has 3 N–H and O–H groups in total. The predicted octanol–water partition coefficient (Wildman–Crippen LogP) is 2.86. The van der Waals surface area contributed by atoms with Gasteiger partial charge in [0.05, 0.1) is 24.6 Å². The van der Waals surface area contributed by atoms with Crippen LogP contribution in [0.2, 0.25) is 0 Å². The van der Waals surface area contributed by atoms with Gasteiger partial charge in [-0.1, -0.05) is 0 Å². The second-order valence-corrected chi connectivity index (χ2v) is 4.47. The molecular weight excluding hydrogens is 259 g/mol. The minimum absolute atomic E-state index is 0.228. The van der Waals surface area contributed by atoms with E-state index in [9.17, 15) is 4.39 Å². The zero-order valence-corrected chi connectivity index (χ0v) is 10.9. The van der Waals surface area contributed by atoms with Gasteiger partial charge >= 0.3 is 0 Å². The van der Waals surface area contributed by atoms with Gasteiger partial charge in [-0.05, 0) is 25.1 Å². The number of nitrogen functional groups attached to an aromatic ring is 1. The quantitative estimate of drug-likeness (QED) is 0.766. The lowest BCUT2D eigenvalue weighted by Gasteiger charge is -2.04. The fraction of sp³-hybridized carbons (Fsp3) is 0.143. The van der Waals surface area contributed by atoms with E-state index in [4.69, 9.17) is 10.2 Å². The van der Waals surface area contributed by atoms with Crippen LogP contribution in [0.1, 0.15) is 11.3 Å². The summed E-state index contributed by atoms with van der Waals surface area (Å²) in [6.07, 6.45) is 3.19. The van der Waals surface area contributed by atoms with Crippen molar-refractivity contribution < 1.29 is 8.81 Å². The third-order valence-corrected chi connectivity index (χ3v) is 3.12. The minimum atomic E-state index is -0.271. The summed E-state index contributed by atoms with van der Waals surface area (Å²) < 4.78 is 18.9. The van der Waals surface area contributed by atoms with Gasteiger partial charge in [-0.3, -0.25) is 0 Å². The summed E-state index contributed by atoms with van der Waals surface area (Å²) in [7, 11) is 0. The molecule has 0 fully saturated rings. The lowest BCUT2D eigenvalue weighted by Crippen LogP contribution is -2.02. The van der Waals surface area contributed by atoms with Crippen LogP contribution < -0.4 is 11.1 Å². The SMILES string of the molecule is Cc1c(CNc2cnc(N)nc2)oc2ccc(F)cc12. The molecule has 0 amide bonds. The van der Waals surface area contributed by atoms with Crippen molar-refractivity contribution in [2.75, 3.05) is 11.1 Å². The van der Waals surface area contributed by atoms with Crippen LogP contribution in [0.5, 0.6) is 0 Å². The molecule has 102 valence electrons. The highest BCUT2D eigenvalue weighted by atomic mass is 19.1. The number of anilines is 2. The smallest absolute Gasteiger partial charge is 0.220 e. The Hall–Kier alpha value is -2.63. The molecule has 3 aromatic rings. The molecule has 1 aromatic carbocycles. The van der Waals surface area contributed by atoms with Crippen molar-refractivity contribution in [2.24, 2.45) is 0 Å². The summed E-state index contributed by atoms with van der Waals surface area (Å²) in [4.78, 5) is 7.78. The predicted molar refractivity (Wildman–Crippen MR) is 74.7 cm³/mol. The third-order valence-electron chi connectivity index (χ3n) is 3.12. The maximum Gasteiger partial charge on any atom is 0.220 e. The normalized spacial score (nSPS) is 10.9. The fourth-order valence-corrected chi connectivity index (χ4v) is 2.02. The number of furan rings is 1. The summed E-state index contributed by atoms with van der Waals surface area (Å²) in [5, 5.41) is 3.92. The molecule has 0 saturated carbocycles. The van der Waals surface area contributed by atoms with Crippen LogP contribution in [0.4, 0.5) is 16.0 Å². The Balaban J connectivity index is 1.84. The minimum Gasteiger partial charge on any atom is -0.459 e. The van der Waals surface area contributed by atoms with E-state index in [-0.39, 0.29) is 11.8 Å². The molecule has 0 unspecified atom stereocenters. The average molecular weight is 272 g/mol. The van der Waals surface area contributed by atoms with Crippen molar-refractivity contribution in [1.82, 2.24) is 9.97 Å². The van der Waals surface area contributed by atoms with Gasteiger partial charge in [0.1, 0.15) is 17.2 Å². The number of benzene rings is 1. The van der Waals surface area contributed by atoms with Crippen LogP contribution in [0.15, 0.2) is 35.0 Å². The Labute approximate surface area is 114 Å². The Morgan fingerprint density at radius 3 is 2.80 bits per heavy atom. The zero-order valence-electron chi connectivity index (χ0n) is 10.9.